The smallest absolute Gasteiger partial charge is 0.336 e. The number of sulfonamides is 1. The van der Waals surface area contributed by atoms with Crippen molar-refractivity contribution in [1.82, 2.24) is 4.72 Å². The Hall–Kier alpha value is -2.51. The van der Waals surface area contributed by atoms with E-state index in [4.69, 9.17) is 4.42 Å². The summed E-state index contributed by atoms with van der Waals surface area (Å²) >= 11 is 0. The summed E-state index contributed by atoms with van der Waals surface area (Å²) in [6, 6.07) is 13.4. The molecule has 0 spiro atoms. The second-order valence-electron chi connectivity index (χ2n) is 5.55. The molecule has 0 aliphatic carbocycles. The largest absolute Gasteiger partial charge is 0.423 e. The van der Waals surface area contributed by atoms with Crippen molar-refractivity contribution in [3.05, 3.63) is 76.4 Å². The summed E-state index contributed by atoms with van der Waals surface area (Å²) in [5.41, 5.74) is 0.391. The van der Waals surface area contributed by atoms with Crippen LogP contribution < -0.4 is 10.3 Å². The maximum atomic E-state index is 13.5. The molecule has 7 heteroatoms. The lowest BCUT2D eigenvalue weighted by molar-refractivity contribution is 0.560. The van der Waals surface area contributed by atoms with Crippen molar-refractivity contribution in [2.24, 2.45) is 0 Å². The second-order valence-corrected chi connectivity index (χ2v) is 7.31. The Kier molecular flexibility index (Phi) is 4.96. The average Bonchev–Trinajstić information content (AvgIpc) is 2.59. The molecule has 0 saturated heterocycles. The molecule has 0 saturated carbocycles. The molecule has 0 radical (unpaired) electrons. The minimum atomic E-state index is -3.69. The van der Waals surface area contributed by atoms with Crippen molar-refractivity contribution in [3.8, 4) is 0 Å². The number of hydrogen-bond acceptors (Lipinski definition) is 4. The van der Waals surface area contributed by atoms with Crippen LogP contribution in [-0.4, -0.2) is 15.0 Å². The highest BCUT2D eigenvalue weighted by Gasteiger charge is 2.14. The van der Waals surface area contributed by atoms with Gasteiger partial charge < -0.3 is 4.42 Å². The van der Waals surface area contributed by atoms with Gasteiger partial charge >= 0.3 is 5.63 Å². The van der Waals surface area contributed by atoms with Gasteiger partial charge in [0.1, 0.15) is 11.4 Å². The molecule has 0 unspecified atom stereocenters. The fraction of sp³-hybridized carbons (Fsp3) is 0.167. The van der Waals surface area contributed by atoms with Crippen molar-refractivity contribution in [2.75, 3.05) is 6.54 Å². The Morgan fingerprint density at radius 2 is 1.84 bits per heavy atom. The van der Waals surface area contributed by atoms with Gasteiger partial charge in [0.25, 0.3) is 0 Å². The lowest BCUT2D eigenvalue weighted by Gasteiger charge is -2.08. The van der Waals surface area contributed by atoms with Gasteiger partial charge in [-0.2, -0.15) is 0 Å². The van der Waals surface area contributed by atoms with E-state index < -0.39 is 15.6 Å². The Bertz CT molecular complexity index is 1060. The number of fused-ring (bicyclic) bond motifs is 1. The lowest BCUT2D eigenvalue weighted by atomic mass is 10.1. The van der Waals surface area contributed by atoms with Gasteiger partial charge in [-0.25, -0.2) is 22.3 Å². The Morgan fingerprint density at radius 1 is 1.04 bits per heavy atom. The fourth-order valence-corrected chi connectivity index (χ4v) is 3.60. The maximum Gasteiger partial charge on any atom is 0.336 e. The lowest BCUT2D eigenvalue weighted by Crippen LogP contribution is -2.25. The van der Waals surface area contributed by atoms with Crippen LogP contribution in [-0.2, 0) is 16.4 Å². The maximum absolute atomic E-state index is 13.5. The van der Waals surface area contributed by atoms with Gasteiger partial charge in [0.15, 0.2) is 0 Å². The van der Waals surface area contributed by atoms with E-state index >= 15 is 0 Å². The van der Waals surface area contributed by atoms with Gasteiger partial charge in [-0.3, -0.25) is 0 Å². The molecule has 1 aromatic heterocycles. The van der Waals surface area contributed by atoms with Crippen molar-refractivity contribution in [3.63, 3.8) is 0 Å². The molecule has 25 heavy (non-hydrogen) atoms. The van der Waals surface area contributed by atoms with Crippen LogP contribution in [0.2, 0.25) is 0 Å². The highest BCUT2D eigenvalue weighted by molar-refractivity contribution is 7.89. The molecule has 5 nitrogen and oxygen atoms in total. The number of rotatable bonds is 6. The van der Waals surface area contributed by atoms with Crippen molar-refractivity contribution in [2.45, 2.75) is 17.7 Å². The summed E-state index contributed by atoms with van der Waals surface area (Å²) in [5.74, 6) is -0.290. The predicted octanol–water partition coefficient (Wildman–Crippen LogP) is 2.84. The Morgan fingerprint density at radius 3 is 2.64 bits per heavy atom. The van der Waals surface area contributed by atoms with Crippen LogP contribution in [0.4, 0.5) is 4.39 Å². The standard InChI is InChI=1S/C18H16FNO4S/c19-16-6-2-1-4-13(16)5-3-11-20-25(22,23)15-8-9-17-14(12-15)7-10-18(21)24-17/h1-2,4,6-10,12,20H,3,5,11H2. The summed E-state index contributed by atoms with van der Waals surface area (Å²) in [4.78, 5) is 11.2. The van der Waals surface area contributed by atoms with E-state index in [0.717, 1.165) is 0 Å². The summed E-state index contributed by atoms with van der Waals surface area (Å²) in [5, 5.41) is 0.522. The molecule has 0 aliphatic rings. The summed E-state index contributed by atoms with van der Waals surface area (Å²) < 4.78 is 45.7. The Balaban J connectivity index is 1.66. The number of benzene rings is 2. The van der Waals surface area contributed by atoms with Crippen LogP contribution in [0.25, 0.3) is 11.0 Å². The molecule has 0 bridgehead atoms. The third-order valence-corrected chi connectivity index (χ3v) is 5.23. The zero-order valence-corrected chi connectivity index (χ0v) is 14.1. The van der Waals surface area contributed by atoms with E-state index in [1.165, 1.54) is 36.4 Å². The van der Waals surface area contributed by atoms with E-state index in [9.17, 15) is 17.6 Å². The zero-order chi connectivity index (χ0) is 17.9. The van der Waals surface area contributed by atoms with Crippen LogP contribution in [0.15, 0.2) is 68.7 Å². The monoisotopic (exact) mass is 361 g/mol. The average molecular weight is 361 g/mol. The molecule has 2 aromatic carbocycles. The highest BCUT2D eigenvalue weighted by atomic mass is 32.2. The quantitative estimate of drug-likeness (QED) is 0.541. The molecule has 0 fully saturated rings. The number of hydrogen-bond donors (Lipinski definition) is 1. The first-order valence-corrected chi connectivity index (χ1v) is 9.21. The number of aryl methyl sites for hydroxylation is 1. The SMILES string of the molecule is O=c1ccc2cc(S(=O)(=O)NCCCc3ccccc3F)ccc2o1. The van der Waals surface area contributed by atoms with Crippen molar-refractivity contribution in [1.29, 1.82) is 0 Å². The first kappa shape index (κ1) is 17.3. The molecular weight excluding hydrogens is 345 g/mol. The summed E-state index contributed by atoms with van der Waals surface area (Å²) in [6.07, 6.45) is 0.917. The van der Waals surface area contributed by atoms with Crippen molar-refractivity contribution >= 4 is 21.0 Å². The van der Waals surface area contributed by atoms with Crippen LogP contribution in [0, 0.1) is 5.82 Å². The van der Waals surface area contributed by atoms with Gasteiger partial charge in [-0.05, 0) is 48.7 Å². The second kappa shape index (κ2) is 7.16. The topological polar surface area (TPSA) is 76.4 Å². The summed E-state index contributed by atoms with van der Waals surface area (Å²) in [7, 11) is -3.69. The molecule has 1 heterocycles. The van der Waals surface area contributed by atoms with Crippen LogP contribution in [0.5, 0.6) is 0 Å². The van der Waals surface area contributed by atoms with Gasteiger partial charge in [0.05, 0.1) is 4.90 Å². The normalized spacial score (nSPS) is 11.7. The molecule has 0 atom stereocenters. The third kappa shape index (κ3) is 4.12. The first-order valence-electron chi connectivity index (χ1n) is 7.73. The minimum absolute atomic E-state index is 0.0831. The molecule has 3 aromatic rings. The van der Waals surface area contributed by atoms with Crippen LogP contribution >= 0.6 is 0 Å². The van der Waals surface area contributed by atoms with Gasteiger partial charge in [0, 0.05) is 18.0 Å². The van der Waals surface area contributed by atoms with Gasteiger partial charge in [-0.1, -0.05) is 18.2 Å². The highest BCUT2D eigenvalue weighted by Crippen LogP contribution is 2.17. The van der Waals surface area contributed by atoms with E-state index in [1.807, 2.05) is 0 Å². The number of nitrogens with one attached hydrogen (secondary N) is 1. The molecule has 3 rings (SSSR count). The summed E-state index contributed by atoms with van der Waals surface area (Å²) in [6.45, 7) is 0.193. The third-order valence-electron chi connectivity index (χ3n) is 3.77. The molecule has 0 amide bonds. The number of halogens is 1. The predicted molar refractivity (Wildman–Crippen MR) is 92.4 cm³/mol. The van der Waals surface area contributed by atoms with Gasteiger partial charge in [0.2, 0.25) is 10.0 Å². The van der Waals surface area contributed by atoms with E-state index in [2.05, 4.69) is 4.72 Å². The van der Waals surface area contributed by atoms with E-state index in [0.29, 0.717) is 29.4 Å². The van der Waals surface area contributed by atoms with Gasteiger partial charge in [-0.15, -0.1) is 0 Å². The molecule has 0 aliphatic heterocycles. The zero-order valence-electron chi connectivity index (χ0n) is 13.2. The van der Waals surface area contributed by atoms with Crippen LogP contribution in [0.1, 0.15) is 12.0 Å². The van der Waals surface area contributed by atoms with E-state index in [-0.39, 0.29) is 17.3 Å². The van der Waals surface area contributed by atoms with Crippen LogP contribution in [0.3, 0.4) is 0 Å². The van der Waals surface area contributed by atoms with E-state index in [1.54, 1.807) is 18.2 Å². The molecular formula is C18H16FNO4S. The fourth-order valence-electron chi connectivity index (χ4n) is 2.49. The molecule has 1 N–H and O–H groups in total. The minimum Gasteiger partial charge on any atom is -0.423 e. The van der Waals surface area contributed by atoms with Crippen molar-refractivity contribution < 1.29 is 17.2 Å². The Labute approximate surface area is 144 Å². The molecule has 130 valence electrons. The first-order chi connectivity index (χ1) is 12.0.